The van der Waals surface area contributed by atoms with Crippen molar-refractivity contribution in [3.8, 4) is 11.1 Å². The summed E-state index contributed by atoms with van der Waals surface area (Å²) in [5.41, 5.74) is 3.57. The minimum atomic E-state index is -1.23. The molecule has 0 radical (unpaired) electrons. The van der Waals surface area contributed by atoms with Crippen LogP contribution in [-0.2, 0) is 14.3 Å². The molecule has 0 spiro atoms. The third-order valence-electron chi connectivity index (χ3n) is 7.42. The Hall–Kier alpha value is -3.86. The predicted octanol–water partition coefficient (Wildman–Crippen LogP) is 2.20. The van der Waals surface area contributed by atoms with Crippen LogP contribution in [0.3, 0.4) is 0 Å². The summed E-state index contributed by atoms with van der Waals surface area (Å²) in [6, 6.07) is 30.9. The second-order valence-electron chi connectivity index (χ2n) is 10.3. The Bertz CT molecular complexity index is 1530. The van der Waals surface area contributed by atoms with Gasteiger partial charge >= 0.3 is 35.5 Å². The van der Waals surface area contributed by atoms with Gasteiger partial charge in [-0.15, -0.1) is 0 Å². The molecule has 44 heavy (non-hydrogen) atoms. The fraction of sp³-hybridized carbons (Fsp3) is 0.206. The number of nitrogens with zero attached hydrogens (tertiary/aromatic N) is 2. The van der Waals surface area contributed by atoms with E-state index in [0.29, 0.717) is 37.3 Å². The molecule has 1 heterocycles. The number of aromatic carboxylic acids is 1. The maximum absolute atomic E-state index is 13.3. The van der Waals surface area contributed by atoms with E-state index in [1.54, 1.807) is 23.1 Å². The summed E-state index contributed by atoms with van der Waals surface area (Å²) in [5.74, 6) is -2.41. The second-order valence-corrected chi connectivity index (χ2v) is 10.3. The van der Waals surface area contributed by atoms with E-state index in [2.05, 4.69) is 34.5 Å². The molecular weight excluding hydrogens is 572 g/mol. The van der Waals surface area contributed by atoms with Gasteiger partial charge in [-0.2, -0.15) is 0 Å². The van der Waals surface area contributed by atoms with Gasteiger partial charge in [0.2, 0.25) is 11.8 Å². The van der Waals surface area contributed by atoms with Crippen LogP contribution in [0.15, 0.2) is 103 Å². The van der Waals surface area contributed by atoms with E-state index in [1.807, 2.05) is 36.4 Å². The van der Waals surface area contributed by atoms with Crippen LogP contribution in [0, 0.1) is 5.82 Å². The Morgan fingerprint density at radius 3 is 1.93 bits per heavy atom. The number of piperazine rings is 1. The number of carboxylic acids is 1. The number of rotatable bonds is 10. The molecule has 222 valence electrons. The molecule has 8 nitrogen and oxygen atoms in total. The van der Waals surface area contributed by atoms with Crippen molar-refractivity contribution in [2.45, 2.75) is 6.04 Å². The van der Waals surface area contributed by atoms with Crippen LogP contribution in [0.2, 0.25) is 0 Å². The molecule has 10 heteroatoms. The summed E-state index contributed by atoms with van der Waals surface area (Å²) in [5, 5.41) is 12.2. The Labute approximate surface area is 279 Å². The molecule has 0 aliphatic carbocycles. The van der Waals surface area contributed by atoms with Crippen LogP contribution >= 0.6 is 0 Å². The van der Waals surface area contributed by atoms with Crippen molar-refractivity contribution in [2.75, 3.05) is 44.7 Å². The molecule has 5 rings (SSSR count). The Kier molecular flexibility index (Phi) is 11.8. The predicted molar refractivity (Wildman–Crippen MR) is 162 cm³/mol. The minimum Gasteiger partial charge on any atom is -1.00 e. The van der Waals surface area contributed by atoms with Crippen LogP contribution in [-0.4, -0.2) is 72.1 Å². The Morgan fingerprint density at radius 2 is 1.36 bits per heavy atom. The van der Waals surface area contributed by atoms with Crippen LogP contribution in [0.4, 0.5) is 10.1 Å². The van der Waals surface area contributed by atoms with E-state index in [0.717, 1.165) is 0 Å². The van der Waals surface area contributed by atoms with Crippen molar-refractivity contribution in [1.29, 1.82) is 0 Å². The molecular formula is C34H33FN3NaO5. The number of hydrogen-bond acceptors (Lipinski definition) is 5. The first-order valence-electron chi connectivity index (χ1n) is 14.0. The van der Waals surface area contributed by atoms with Gasteiger partial charge in [0.1, 0.15) is 19.0 Å². The molecule has 0 saturated carbocycles. The molecule has 4 aromatic carbocycles. The zero-order valence-electron chi connectivity index (χ0n) is 25.5. The largest absolute Gasteiger partial charge is 1.00 e. The van der Waals surface area contributed by atoms with E-state index in [-0.39, 0.29) is 60.8 Å². The number of carbonyl (C=O) groups excluding carboxylic acids is 2. The topological polar surface area (TPSA) is 99.2 Å². The number of hydrogen-bond donors (Lipinski definition) is 2. The number of halogens is 1. The standard InChI is InChI=1S/C34H32FN3O5.Na.H/c35-28-14-11-24(12-15-28)27-13-16-30(29(21-27)34(41)42)36-31(39)22-43-23-32(40)37-17-19-38(20-18-37)33(25-7-3-1-4-8-25)26-9-5-2-6-10-26;;/h1-16,21,33H,17-20,22-23H2,(H,36,39)(H,41,42);;/q;+1;-1. The van der Waals surface area contributed by atoms with Crippen molar-refractivity contribution in [3.63, 3.8) is 0 Å². The molecule has 0 atom stereocenters. The van der Waals surface area contributed by atoms with E-state index in [1.165, 1.54) is 35.4 Å². The van der Waals surface area contributed by atoms with Gasteiger partial charge in [0.05, 0.1) is 17.3 Å². The van der Waals surface area contributed by atoms with Crippen molar-refractivity contribution in [3.05, 3.63) is 126 Å². The smallest absolute Gasteiger partial charge is 1.00 e. The quantitative estimate of drug-likeness (QED) is 0.269. The van der Waals surface area contributed by atoms with E-state index >= 15 is 0 Å². The van der Waals surface area contributed by atoms with Crippen LogP contribution < -0.4 is 34.9 Å². The maximum Gasteiger partial charge on any atom is 1.00 e. The van der Waals surface area contributed by atoms with Crippen LogP contribution in [0.5, 0.6) is 0 Å². The van der Waals surface area contributed by atoms with Gasteiger partial charge in [0.25, 0.3) is 0 Å². The van der Waals surface area contributed by atoms with Crippen LogP contribution in [0.25, 0.3) is 11.1 Å². The zero-order chi connectivity index (χ0) is 30.2. The van der Waals surface area contributed by atoms with Gasteiger partial charge in [-0.25, -0.2) is 9.18 Å². The molecule has 1 saturated heterocycles. The van der Waals surface area contributed by atoms with Gasteiger partial charge < -0.3 is 21.5 Å². The fourth-order valence-corrected chi connectivity index (χ4v) is 5.27. The van der Waals surface area contributed by atoms with Gasteiger partial charge in [-0.1, -0.05) is 78.9 Å². The number of anilines is 1. The van der Waals surface area contributed by atoms with Crippen LogP contribution in [0.1, 0.15) is 29.0 Å². The SMILES string of the molecule is O=C(COCC(=O)N1CCN(C(c2ccccc2)c2ccccc2)CC1)Nc1ccc(-c2ccc(F)cc2)cc1C(=O)O.[H-].[Na+]. The average molecular weight is 606 g/mol. The van der Waals surface area contributed by atoms with Crippen molar-refractivity contribution in [2.24, 2.45) is 0 Å². The van der Waals surface area contributed by atoms with Crippen molar-refractivity contribution >= 4 is 23.5 Å². The number of carboxylic acid groups (broad SMARTS) is 1. The molecule has 0 aromatic heterocycles. The second kappa shape index (κ2) is 15.7. The van der Waals surface area contributed by atoms with E-state index < -0.39 is 24.3 Å². The first-order valence-corrected chi connectivity index (χ1v) is 14.0. The Balaban J connectivity index is 0.00000276. The number of benzene rings is 4. The number of carbonyl (C=O) groups is 3. The summed E-state index contributed by atoms with van der Waals surface area (Å²) >= 11 is 0. The van der Waals surface area contributed by atoms with Gasteiger partial charge in [-0.3, -0.25) is 14.5 Å². The van der Waals surface area contributed by atoms with Crippen molar-refractivity contribution in [1.82, 2.24) is 9.80 Å². The molecule has 1 fully saturated rings. The molecule has 2 N–H and O–H groups in total. The Morgan fingerprint density at radius 1 is 0.795 bits per heavy atom. The molecule has 0 unspecified atom stereocenters. The minimum absolute atomic E-state index is 0. The van der Waals surface area contributed by atoms with Crippen molar-refractivity contribution < 1.29 is 59.6 Å². The summed E-state index contributed by atoms with van der Waals surface area (Å²) in [4.78, 5) is 41.3. The normalized spacial score (nSPS) is 13.3. The average Bonchev–Trinajstić information content (AvgIpc) is 3.03. The van der Waals surface area contributed by atoms with E-state index in [4.69, 9.17) is 4.74 Å². The fourth-order valence-electron chi connectivity index (χ4n) is 5.27. The first-order chi connectivity index (χ1) is 20.9. The third-order valence-corrected chi connectivity index (χ3v) is 7.42. The van der Waals surface area contributed by atoms with E-state index in [9.17, 15) is 23.9 Å². The zero-order valence-corrected chi connectivity index (χ0v) is 26.5. The van der Waals surface area contributed by atoms with Gasteiger partial charge in [-0.05, 0) is 46.5 Å². The third kappa shape index (κ3) is 8.40. The summed E-state index contributed by atoms with van der Waals surface area (Å²) in [6.07, 6.45) is 0. The molecule has 1 aliphatic heterocycles. The summed E-state index contributed by atoms with van der Waals surface area (Å²) < 4.78 is 18.7. The number of ether oxygens (including phenoxy) is 1. The molecule has 0 bridgehead atoms. The molecule has 2 amide bonds. The first kappa shape index (κ1) is 33.0. The maximum atomic E-state index is 13.3. The molecule has 4 aromatic rings. The van der Waals surface area contributed by atoms with Gasteiger partial charge in [0, 0.05) is 26.2 Å². The summed E-state index contributed by atoms with van der Waals surface area (Å²) in [7, 11) is 0. The monoisotopic (exact) mass is 605 g/mol. The number of nitrogens with one attached hydrogen (secondary N) is 1. The number of amides is 2. The summed E-state index contributed by atoms with van der Waals surface area (Å²) in [6.45, 7) is 1.77. The van der Waals surface area contributed by atoms with Gasteiger partial charge in [0.15, 0.2) is 0 Å². The molecule has 1 aliphatic rings.